The van der Waals surface area contributed by atoms with E-state index in [0.717, 1.165) is 5.69 Å². The minimum Gasteiger partial charge on any atom is -0.497 e. The van der Waals surface area contributed by atoms with Crippen LogP contribution in [0.5, 0.6) is 11.5 Å². The maximum Gasteiger partial charge on any atom is 0.338 e. The van der Waals surface area contributed by atoms with E-state index in [4.69, 9.17) is 14.2 Å². The van der Waals surface area contributed by atoms with Gasteiger partial charge in [0.1, 0.15) is 11.5 Å². The Labute approximate surface area is 161 Å². The zero-order valence-corrected chi connectivity index (χ0v) is 15.4. The number of hydrogen-bond acceptors (Lipinski definition) is 6. The zero-order chi connectivity index (χ0) is 19.9. The standard InChI is InChI=1S/C20H19N3O5/c1-26-16-8-9-18(27-2)17(12-16)22-19(24)13-28-20(25)14-4-6-15(7-5-14)23-11-3-10-21-23/h3-12H,13H2,1-2H3,(H,22,24). The molecule has 1 heterocycles. The second-order valence-electron chi connectivity index (χ2n) is 5.69. The quantitative estimate of drug-likeness (QED) is 0.633. The number of anilines is 1. The van der Waals surface area contributed by atoms with Crippen LogP contribution in [0, 0.1) is 0 Å². The van der Waals surface area contributed by atoms with Crippen molar-refractivity contribution in [1.82, 2.24) is 9.78 Å². The second kappa shape index (κ2) is 8.72. The van der Waals surface area contributed by atoms with E-state index < -0.39 is 18.5 Å². The summed E-state index contributed by atoms with van der Waals surface area (Å²) in [4.78, 5) is 24.3. The summed E-state index contributed by atoms with van der Waals surface area (Å²) in [7, 11) is 3.01. The first kappa shape index (κ1) is 19.0. The molecule has 1 N–H and O–H groups in total. The molecule has 0 atom stereocenters. The first-order chi connectivity index (χ1) is 13.6. The summed E-state index contributed by atoms with van der Waals surface area (Å²) in [6, 6.07) is 13.5. The number of rotatable bonds is 7. The highest BCUT2D eigenvalue weighted by Gasteiger charge is 2.13. The number of hydrogen-bond donors (Lipinski definition) is 1. The maximum absolute atomic E-state index is 12.2. The molecule has 3 rings (SSSR count). The lowest BCUT2D eigenvalue weighted by Gasteiger charge is -2.12. The minimum absolute atomic E-state index is 0.336. The average Bonchev–Trinajstić information content (AvgIpc) is 3.27. The van der Waals surface area contributed by atoms with E-state index in [1.54, 1.807) is 65.6 Å². The molecule has 0 unspecified atom stereocenters. The van der Waals surface area contributed by atoms with Crippen molar-refractivity contribution in [2.75, 3.05) is 26.1 Å². The van der Waals surface area contributed by atoms with Crippen molar-refractivity contribution in [3.63, 3.8) is 0 Å². The van der Waals surface area contributed by atoms with E-state index in [2.05, 4.69) is 10.4 Å². The molecule has 0 spiro atoms. The predicted octanol–water partition coefficient (Wildman–Crippen LogP) is 2.69. The smallest absolute Gasteiger partial charge is 0.338 e. The van der Waals surface area contributed by atoms with Gasteiger partial charge in [-0.2, -0.15) is 5.10 Å². The predicted molar refractivity (Wildman–Crippen MR) is 102 cm³/mol. The molecule has 1 amide bonds. The minimum atomic E-state index is -0.597. The molecule has 0 bridgehead atoms. The van der Waals surface area contributed by atoms with Crippen molar-refractivity contribution in [2.45, 2.75) is 0 Å². The van der Waals surface area contributed by atoms with Crippen LogP contribution in [-0.4, -0.2) is 42.5 Å². The number of esters is 1. The third kappa shape index (κ3) is 4.47. The van der Waals surface area contributed by atoms with Gasteiger partial charge in [-0.05, 0) is 42.5 Å². The summed E-state index contributed by atoms with van der Waals surface area (Å²) in [6.07, 6.45) is 3.46. The maximum atomic E-state index is 12.2. The molecular weight excluding hydrogens is 362 g/mol. The van der Waals surface area contributed by atoms with Crippen molar-refractivity contribution in [3.05, 3.63) is 66.5 Å². The summed E-state index contributed by atoms with van der Waals surface area (Å²) in [6.45, 7) is -0.430. The van der Waals surface area contributed by atoms with Crippen LogP contribution in [0.4, 0.5) is 5.69 Å². The lowest BCUT2D eigenvalue weighted by molar-refractivity contribution is -0.119. The molecular formula is C20H19N3O5. The third-order valence-electron chi connectivity index (χ3n) is 3.89. The topological polar surface area (TPSA) is 91.7 Å². The molecule has 0 saturated carbocycles. The number of carbonyl (C=O) groups excluding carboxylic acids is 2. The molecule has 0 aliphatic rings. The molecule has 2 aromatic carbocycles. The Balaban J connectivity index is 1.58. The number of benzene rings is 2. The normalized spacial score (nSPS) is 10.2. The van der Waals surface area contributed by atoms with Gasteiger partial charge in [0.25, 0.3) is 5.91 Å². The van der Waals surface area contributed by atoms with Crippen LogP contribution in [-0.2, 0) is 9.53 Å². The van der Waals surface area contributed by atoms with Crippen molar-refractivity contribution >= 4 is 17.6 Å². The van der Waals surface area contributed by atoms with Gasteiger partial charge < -0.3 is 19.5 Å². The first-order valence-corrected chi connectivity index (χ1v) is 8.40. The van der Waals surface area contributed by atoms with Gasteiger partial charge in [0, 0.05) is 18.5 Å². The lowest BCUT2D eigenvalue weighted by atomic mass is 10.2. The van der Waals surface area contributed by atoms with Crippen molar-refractivity contribution in [2.24, 2.45) is 0 Å². The van der Waals surface area contributed by atoms with Crippen LogP contribution in [0.3, 0.4) is 0 Å². The summed E-state index contributed by atoms with van der Waals surface area (Å²) in [5.74, 6) is -0.0621. The molecule has 0 aliphatic carbocycles. The number of nitrogens with one attached hydrogen (secondary N) is 1. The number of carbonyl (C=O) groups is 2. The first-order valence-electron chi connectivity index (χ1n) is 8.40. The highest BCUT2D eigenvalue weighted by atomic mass is 16.5. The van der Waals surface area contributed by atoms with Crippen LogP contribution < -0.4 is 14.8 Å². The van der Waals surface area contributed by atoms with Gasteiger partial charge in [-0.1, -0.05) is 0 Å². The molecule has 0 fully saturated rings. The Bertz CT molecular complexity index is 952. The number of amides is 1. The summed E-state index contributed by atoms with van der Waals surface area (Å²) in [5.41, 5.74) is 1.57. The Kier molecular flexibility index (Phi) is 5.91. The molecule has 3 aromatic rings. The van der Waals surface area contributed by atoms with E-state index in [1.807, 2.05) is 0 Å². The lowest BCUT2D eigenvalue weighted by Crippen LogP contribution is -2.21. The van der Waals surface area contributed by atoms with Crippen LogP contribution in [0.1, 0.15) is 10.4 Å². The largest absolute Gasteiger partial charge is 0.497 e. The molecule has 1 aromatic heterocycles. The van der Waals surface area contributed by atoms with E-state index >= 15 is 0 Å². The van der Waals surface area contributed by atoms with E-state index in [1.165, 1.54) is 14.2 Å². The molecule has 28 heavy (non-hydrogen) atoms. The molecule has 0 radical (unpaired) electrons. The van der Waals surface area contributed by atoms with Crippen LogP contribution in [0.25, 0.3) is 5.69 Å². The number of methoxy groups -OCH3 is 2. The van der Waals surface area contributed by atoms with E-state index in [-0.39, 0.29) is 0 Å². The van der Waals surface area contributed by atoms with Crippen molar-refractivity contribution < 1.29 is 23.8 Å². The van der Waals surface area contributed by atoms with Gasteiger partial charge in [0.05, 0.1) is 31.2 Å². The van der Waals surface area contributed by atoms with Crippen molar-refractivity contribution in [1.29, 1.82) is 0 Å². The molecule has 0 aliphatic heterocycles. The van der Waals surface area contributed by atoms with Crippen LogP contribution in [0.15, 0.2) is 60.9 Å². The van der Waals surface area contributed by atoms with Crippen LogP contribution in [0.2, 0.25) is 0 Å². The second-order valence-corrected chi connectivity index (χ2v) is 5.69. The fourth-order valence-corrected chi connectivity index (χ4v) is 2.48. The highest BCUT2D eigenvalue weighted by molar-refractivity contribution is 5.96. The van der Waals surface area contributed by atoms with Gasteiger partial charge in [-0.25, -0.2) is 9.48 Å². The molecule has 144 valence electrons. The third-order valence-corrected chi connectivity index (χ3v) is 3.89. The van der Waals surface area contributed by atoms with E-state index in [0.29, 0.717) is 22.7 Å². The Morgan fingerprint density at radius 2 is 1.86 bits per heavy atom. The number of ether oxygens (including phenoxy) is 3. The Morgan fingerprint density at radius 3 is 2.50 bits per heavy atom. The molecule has 8 heteroatoms. The summed E-state index contributed by atoms with van der Waals surface area (Å²) in [5, 5.41) is 6.75. The number of nitrogens with zero attached hydrogens (tertiary/aromatic N) is 2. The molecule has 8 nitrogen and oxygen atoms in total. The van der Waals surface area contributed by atoms with Gasteiger partial charge in [-0.3, -0.25) is 4.79 Å². The SMILES string of the molecule is COc1ccc(OC)c(NC(=O)COC(=O)c2ccc(-n3cccn3)cc2)c1. The van der Waals surface area contributed by atoms with Crippen molar-refractivity contribution in [3.8, 4) is 17.2 Å². The summed E-state index contributed by atoms with van der Waals surface area (Å²) < 4.78 is 17.1. The van der Waals surface area contributed by atoms with E-state index in [9.17, 15) is 9.59 Å². The molecule has 0 saturated heterocycles. The monoisotopic (exact) mass is 381 g/mol. The average molecular weight is 381 g/mol. The fraction of sp³-hybridized carbons (Fsp3) is 0.150. The van der Waals surface area contributed by atoms with Gasteiger partial charge in [0.2, 0.25) is 0 Å². The van der Waals surface area contributed by atoms with Crippen LogP contribution >= 0.6 is 0 Å². The Morgan fingerprint density at radius 1 is 1.07 bits per heavy atom. The zero-order valence-electron chi connectivity index (χ0n) is 15.4. The highest BCUT2D eigenvalue weighted by Crippen LogP contribution is 2.28. The van der Waals surface area contributed by atoms with Gasteiger partial charge >= 0.3 is 5.97 Å². The van der Waals surface area contributed by atoms with Gasteiger partial charge in [-0.15, -0.1) is 0 Å². The fourth-order valence-electron chi connectivity index (χ4n) is 2.48. The summed E-state index contributed by atoms with van der Waals surface area (Å²) >= 11 is 0. The van der Waals surface area contributed by atoms with Gasteiger partial charge in [0.15, 0.2) is 6.61 Å². The Hall–Kier alpha value is -3.81. The number of aromatic nitrogens is 2.